The second kappa shape index (κ2) is 8.44. The number of amides is 2. The summed E-state index contributed by atoms with van der Waals surface area (Å²) in [6.07, 6.45) is 0.576. The number of methoxy groups -OCH3 is 1. The van der Waals surface area contributed by atoms with Gasteiger partial charge in [0.25, 0.3) is 0 Å². The SMILES string of the molecule is COc1ccc(CCNC(=O)C(=O)Nc2cc(F)ccc2Br)cc1. The molecule has 2 aromatic carbocycles. The van der Waals surface area contributed by atoms with Gasteiger partial charge in [0.15, 0.2) is 0 Å². The minimum atomic E-state index is -0.851. The Kier molecular flexibility index (Phi) is 6.31. The molecule has 2 N–H and O–H groups in total. The lowest BCUT2D eigenvalue weighted by Gasteiger charge is -2.08. The van der Waals surface area contributed by atoms with Crippen LogP contribution < -0.4 is 15.4 Å². The van der Waals surface area contributed by atoms with E-state index >= 15 is 0 Å². The molecule has 0 unspecified atom stereocenters. The first-order chi connectivity index (χ1) is 11.5. The van der Waals surface area contributed by atoms with E-state index in [0.717, 1.165) is 17.4 Å². The van der Waals surface area contributed by atoms with Gasteiger partial charge in [-0.3, -0.25) is 9.59 Å². The number of halogens is 2. The third-order valence-electron chi connectivity index (χ3n) is 3.24. The number of nitrogens with one attached hydrogen (secondary N) is 2. The zero-order valence-electron chi connectivity index (χ0n) is 12.9. The van der Waals surface area contributed by atoms with Gasteiger partial charge in [-0.05, 0) is 58.2 Å². The molecule has 2 amide bonds. The summed E-state index contributed by atoms with van der Waals surface area (Å²) in [6.45, 7) is 0.308. The highest BCUT2D eigenvalue weighted by atomic mass is 79.9. The monoisotopic (exact) mass is 394 g/mol. The number of anilines is 1. The summed E-state index contributed by atoms with van der Waals surface area (Å²) in [7, 11) is 1.59. The number of hydrogen-bond donors (Lipinski definition) is 2. The fourth-order valence-electron chi connectivity index (χ4n) is 1.97. The van der Waals surface area contributed by atoms with Crippen LogP contribution in [0.3, 0.4) is 0 Å². The largest absolute Gasteiger partial charge is 0.497 e. The fourth-order valence-corrected chi connectivity index (χ4v) is 2.31. The van der Waals surface area contributed by atoms with E-state index in [9.17, 15) is 14.0 Å². The molecular formula is C17H16BrFN2O3. The van der Waals surface area contributed by atoms with Gasteiger partial charge in [-0.2, -0.15) is 0 Å². The maximum absolute atomic E-state index is 13.2. The molecule has 7 heteroatoms. The Hall–Kier alpha value is -2.41. The van der Waals surface area contributed by atoms with Crippen LogP contribution in [0.25, 0.3) is 0 Å². The molecule has 0 radical (unpaired) electrons. The Morgan fingerprint density at radius 1 is 1.12 bits per heavy atom. The number of hydrogen-bond acceptors (Lipinski definition) is 3. The van der Waals surface area contributed by atoms with Crippen LogP contribution in [0.4, 0.5) is 10.1 Å². The van der Waals surface area contributed by atoms with Gasteiger partial charge in [0.1, 0.15) is 11.6 Å². The van der Waals surface area contributed by atoms with Gasteiger partial charge in [-0.15, -0.1) is 0 Å². The summed E-state index contributed by atoms with van der Waals surface area (Å²) >= 11 is 3.18. The number of carbonyl (C=O) groups excluding carboxylic acids is 2. The van der Waals surface area contributed by atoms with Crippen LogP contribution in [0.15, 0.2) is 46.9 Å². The standard InChI is InChI=1S/C17H16BrFN2O3/c1-24-13-5-2-11(3-6-13)8-9-20-16(22)17(23)21-15-10-12(19)4-7-14(15)18/h2-7,10H,8-9H2,1H3,(H,20,22)(H,21,23). The first kappa shape index (κ1) is 17.9. The molecule has 0 bridgehead atoms. The summed E-state index contributed by atoms with van der Waals surface area (Å²) in [5.74, 6) is -1.38. The molecule has 5 nitrogen and oxygen atoms in total. The Bertz CT molecular complexity index is 735. The molecule has 0 saturated heterocycles. The van der Waals surface area contributed by atoms with Crippen molar-refractivity contribution in [3.63, 3.8) is 0 Å². The molecule has 2 aromatic rings. The molecule has 0 heterocycles. The summed E-state index contributed by atoms with van der Waals surface area (Å²) in [6, 6.07) is 11.2. The molecule has 0 saturated carbocycles. The maximum atomic E-state index is 13.2. The van der Waals surface area contributed by atoms with Gasteiger partial charge < -0.3 is 15.4 Å². The van der Waals surface area contributed by atoms with E-state index in [1.165, 1.54) is 12.1 Å². The number of ether oxygens (including phenoxy) is 1. The van der Waals surface area contributed by atoms with Crippen LogP contribution in [-0.4, -0.2) is 25.5 Å². The fraction of sp³-hybridized carbons (Fsp3) is 0.176. The highest BCUT2D eigenvalue weighted by Gasteiger charge is 2.14. The Labute approximate surface area is 147 Å². The highest BCUT2D eigenvalue weighted by Crippen LogP contribution is 2.22. The molecule has 126 valence electrons. The Balaban J connectivity index is 1.83. The molecule has 0 aliphatic carbocycles. The summed E-state index contributed by atoms with van der Waals surface area (Å²) in [5.41, 5.74) is 1.20. The van der Waals surface area contributed by atoms with Crippen molar-refractivity contribution in [2.45, 2.75) is 6.42 Å². The van der Waals surface area contributed by atoms with Crippen LogP contribution in [0.2, 0.25) is 0 Å². The van der Waals surface area contributed by atoms with E-state index < -0.39 is 17.6 Å². The minimum absolute atomic E-state index is 0.199. The van der Waals surface area contributed by atoms with Gasteiger partial charge in [0.05, 0.1) is 12.8 Å². The lowest BCUT2D eigenvalue weighted by molar-refractivity contribution is -0.136. The van der Waals surface area contributed by atoms with Gasteiger partial charge in [0, 0.05) is 11.0 Å². The van der Waals surface area contributed by atoms with Crippen molar-refractivity contribution in [3.05, 3.63) is 58.3 Å². The van der Waals surface area contributed by atoms with Crippen molar-refractivity contribution in [1.82, 2.24) is 5.32 Å². The molecule has 0 atom stereocenters. The third kappa shape index (κ3) is 5.06. The molecule has 0 aliphatic heterocycles. The van der Waals surface area contributed by atoms with E-state index in [2.05, 4.69) is 26.6 Å². The summed E-state index contributed by atoms with van der Waals surface area (Å²) in [5, 5.41) is 4.88. The van der Waals surface area contributed by atoms with Crippen molar-refractivity contribution < 1.29 is 18.7 Å². The van der Waals surface area contributed by atoms with Gasteiger partial charge >= 0.3 is 11.8 Å². The van der Waals surface area contributed by atoms with Crippen LogP contribution >= 0.6 is 15.9 Å². The number of rotatable bonds is 5. The maximum Gasteiger partial charge on any atom is 0.313 e. The second-order valence-corrected chi connectivity index (χ2v) is 5.79. The van der Waals surface area contributed by atoms with Crippen LogP contribution in [-0.2, 0) is 16.0 Å². The number of carbonyl (C=O) groups is 2. The molecule has 24 heavy (non-hydrogen) atoms. The van der Waals surface area contributed by atoms with Crippen molar-refractivity contribution >= 4 is 33.4 Å². The average molecular weight is 395 g/mol. The van der Waals surface area contributed by atoms with Gasteiger partial charge in [0.2, 0.25) is 0 Å². The average Bonchev–Trinajstić information content (AvgIpc) is 2.58. The summed E-state index contributed by atoms with van der Waals surface area (Å²) in [4.78, 5) is 23.6. The Morgan fingerprint density at radius 3 is 2.50 bits per heavy atom. The second-order valence-electron chi connectivity index (χ2n) is 4.93. The van der Waals surface area contributed by atoms with E-state index in [-0.39, 0.29) is 5.69 Å². The van der Waals surface area contributed by atoms with E-state index in [4.69, 9.17) is 4.74 Å². The first-order valence-corrected chi connectivity index (χ1v) is 7.96. The lowest BCUT2D eigenvalue weighted by Crippen LogP contribution is -2.36. The smallest absolute Gasteiger partial charge is 0.313 e. The van der Waals surface area contributed by atoms with Crippen molar-refractivity contribution in [1.29, 1.82) is 0 Å². The first-order valence-electron chi connectivity index (χ1n) is 7.17. The zero-order valence-corrected chi connectivity index (χ0v) is 14.5. The number of benzene rings is 2. The predicted octanol–water partition coefficient (Wildman–Crippen LogP) is 2.89. The normalized spacial score (nSPS) is 10.1. The van der Waals surface area contributed by atoms with Gasteiger partial charge in [-0.25, -0.2) is 4.39 Å². The molecule has 0 aromatic heterocycles. The predicted molar refractivity (Wildman–Crippen MR) is 92.4 cm³/mol. The third-order valence-corrected chi connectivity index (χ3v) is 3.93. The van der Waals surface area contributed by atoms with Crippen molar-refractivity contribution in [3.8, 4) is 5.75 Å². The summed E-state index contributed by atoms with van der Waals surface area (Å²) < 4.78 is 18.7. The zero-order chi connectivity index (χ0) is 17.5. The van der Waals surface area contributed by atoms with Gasteiger partial charge in [-0.1, -0.05) is 12.1 Å². The topological polar surface area (TPSA) is 67.4 Å². The minimum Gasteiger partial charge on any atom is -0.497 e. The molecular weight excluding hydrogens is 379 g/mol. The molecule has 0 spiro atoms. The quantitative estimate of drug-likeness (QED) is 0.766. The Morgan fingerprint density at radius 2 is 1.83 bits per heavy atom. The van der Waals surface area contributed by atoms with Crippen LogP contribution in [0, 0.1) is 5.82 Å². The lowest BCUT2D eigenvalue weighted by atomic mass is 10.1. The van der Waals surface area contributed by atoms with Crippen LogP contribution in [0.1, 0.15) is 5.56 Å². The van der Waals surface area contributed by atoms with Crippen molar-refractivity contribution in [2.75, 3.05) is 19.0 Å². The molecule has 0 aliphatic rings. The van der Waals surface area contributed by atoms with Crippen molar-refractivity contribution in [2.24, 2.45) is 0 Å². The molecule has 0 fully saturated rings. The highest BCUT2D eigenvalue weighted by molar-refractivity contribution is 9.10. The van der Waals surface area contributed by atoms with Crippen LogP contribution in [0.5, 0.6) is 5.75 Å². The van der Waals surface area contributed by atoms with E-state index in [1.54, 1.807) is 7.11 Å². The molecule has 2 rings (SSSR count). The van der Waals surface area contributed by atoms with E-state index in [0.29, 0.717) is 17.4 Å². The van der Waals surface area contributed by atoms with E-state index in [1.807, 2.05) is 24.3 Å².